The molecule has 1 aromatic heterocycles. The third-order valence-corrected chi connectivity index (χ3v) is 3.58. The molecule has 0 unspecified atom stereocenters. The van der Waals surface area contributed by atoms with Gasteiger partial charge in [-0.05, 0) is 30.3 Å². The largest absolute Gasteiger partial charge is 0.538 e. The Kier molecular flexibility index (Phi) is 4.06. The number of rotatable bonds is 4. The second kappa shape index (κ2) is 5.75. The first-order chi connectivity index (χ1) is 9.08. The number of thioether (sulfide) groups is 1. The summed E-state index contributed by atoms with van der Waals surface area (Å²) in [5, 5.41) is 17.8. The monoisotopic (exact) mass is 279 g/mol. The standard InChI is InChI=1S/C12H13N3O3S/c1-8-5-3-4-6-9(8)13-10(16)7-19-11-12(17)18-14-15(11)2/h3-6H,7H2,1-2H3,(H-,13,14,16,17). The van der Waals surface area contributed by atoms with Crippen LogP contribution in [0, 0.1) is 6.92 Å². The van der Waals surface area contributed by atoms with E-state index in [1.54, 1.807) is 7.05 Å². The van der Waals surface area contributed by atoms with Crippen LogP contribution < -0.4 is 15.1 Å². The Morgan fingerprint density at radius 2 is 2.26 bits per heavy atom. The lowest BCUT2D eigenvalue weighted by Crippen LogP contribution is -2.32. The summed E-state index contributed by atoms with van der Waals surface area (Å²) >= 11 is 1.10. The van der Waals surface area contributed by atoms with E-state index in [-0.39, 0.29) is 11.7 Å². The number of nitrogens with zero attached hydrogens (tertiary/aromatic N) is 2. The molecule has 7 heteroatoms. The molecular formula is C12H13N3O3S. The van der Waals surface area contributed by atoms with Gasteiger partial charge in [-0.25, -0.2) is 0 Å². The van der Waals surface area contributed by atoms with Crippen LogP contribution >= 0.6 is 11.8 Å². The van der Waals surface area contributed by atoms with Crippen molar-refractivity contribution in [1.82, 2.24) is 5.27 Å². The molecule has 1 heterocycles. The van der Waals surface area contributed by atoms with E-state index in [0.29, 0.717) is 5.03 Å². The van der Waals surface area contributed by atoms with Gasteiger partial charge in [0.1, 0.15) is 0 Å². The molecule has 0 saturated heterocycles. The number of hydrogen-bond acceptors (Lipinski definition) is 5. The smallest absolute Gasteiger partial charge is 0.291 e. The van der Waals surface area contributed by atoms with Crippen LogP contribution in [0.3, 0.4) is 0 Å². The Morgan fingerprint density at radius 3 is 2.89 bits per heavy atom. The SMILES string of the molecule is Cc1ccccc1NC(=O)CSc1c([O-])on[n+]1C. The molecule has 6 nitrogen and oxygen atoms in total. The lowest BCUT2D eigenvalue weighted by atomic mass is 10.2. The van der Waals surface area contributed by atoms with E-state index in [4.69, 9.17) is 0 Å². The van der Waals surface area contributed by atoms with Crippen molar-refractivity contribution in [1.29, 1.82) is 0 Å². The number of hydrogen-bond donors (Lipinski definition) is 1. The van der Waals surface area contributed by atoms with Gasteiger partial charge < -0.3 is 14.9 Å². The minimum Gasteiger partial charge on any atom is -0.538 e. The predicted molar refractivity (Wildman–Crippen MR) is 67.7 cm³/mol. The first-order valence-corrected chi connectivity index (χ1v) is 6.58. The highest BCUT2D eigenvalue weighted by Gasteiger charge is 2.16. The molecule has 0 aliphatic carbocycles. The van der Waals surface area contributed by atoms with E-state index in [9.17, 15) is 9.90 Å². The Balaban J connectivity index is 1.94. The van der Waals surface area contributed by atoms with Crippen molar-refractivity contribution >= 4 is 23.4 Å². The molecule has 2 rings (SSSR count). The summed E-state index contributed by atoms with van der Waals surface area (Å²) in [6.07, 6.45) is 0. The molecule has 1 amide bonds. The maximum Gasteiger partial charge on any atom is 0.291 e. The van der Waals surface area contributed by atoms with Gasteiger partial charge in [-0.15, -0.1) is 0 Å². The Labute approximate surface area is 114 Å². The van der Waals surface area contributed by atoms with Gasteiger partial charge in [0.05, 0.1) is 11.0 Å². The number of amides is 1. The van der Waals surface area contributed by atoms with Gasteiger partial charge in [0.25, 0.3) is 5.03 Å². The molecule has 0 aliphatic heterocycles. The van der Waals surface area contributed by atoms with Crippen molar-refractivity contribution in [2.24, 2.45) is 7.05 Å². The fourth-order valence-electron chi connectivity index (χ4n) is 1.49. The highest BCUT2D eigenvalue weighted by molar-refractivity contribution is 7.99. The third kappa shape index (κ3) is 3.25. The van der Waals surface area contributed by atoms with Crippen LogP contribution in [-0.2, 0) is 11.8 Å². The molecule has 19 heavy (non-hydrogen) atoms. The lowest BCUT2D eigenvalue weighted by Gasteiger charge is -2.06. The highest BCUT2D eigenvalue weighted by atomic mass is 32.2. The summed E-state index contributed by atoms with van der Waals surface area (Å²) in [7, 11) is 1.59. The number of aryl methyl sites for hydroxylation is 2. The predicted octanol–water partition coefficient (Wildman–Crippen LogP) is 0.612. The van der Waals surface area contributed by atoms with Crippen molar-refractivity contribution in [2.75, 3.05) is 11.1 Å². The zero-order valence-corrected chi connectivity index (χ0v) is 11.4. The summed E-state index contributed by atoms with van der Waals surface area (Å²) in [4.78, 5) is 11.8. The van der Waals surface area contributed by atoms with Gasteiger partial charge in [0, 0.05) is 5.69 Å². The van der Waals surface area contributed by atoms with Gasteiger partial charge in [-0.1, -0.05) is 22.9 Å². The van der Waals surface area contributed by atoms with Crippen LogP contribution in [-0.4, -0.2) is 16.9 Å². The second-order valence-corrected chi connectivity index (χ2v) is 4.90. The molecule has 2 aromatic rings. The van der Waals surface area contributed by atoms with Gasteiger partial charge in [0.2, 0.25) is 5.91 Å². The molecule has 0 saturated carbocycles. The average Bonchev–Trinajstić information content (AvgIpc) is 2.70. The lowest BCUT2D eigenvalue weighted by molar-refractivity contribution is -0.772. The van der Waals surface area contributed by atoms with E-state index in [1.807, 2.05) is 31.2 Å². The molecule has 0 fully saturated rings. The normalized spacial score (nSPS) is 10.4. The van der Waals surface area contributed by atoms with E-state index in [0.717, 1.165) is 23.0 Å². The van der Waals surface area contributed by atoms with Crippen LogP contribution in [0.2, 0.25) is 0 Å². The molecule has 0 atom stereocenters. The number of nitrogens with one attached hydrogen (secondary N) is 1. The number of carbonyl (C=O) groups is 1. The maximum absolute atomic E-state index is 11.8. The van der Waals surface area contributed by atoms with Crippen LogP contribution in [0.1, 0.15) is 5.56 Å². The van der Waals surface area contributed by atoms with Gasteiger partial charge in [0.15, 0.2) is 13.0 Å². The van der Waals surface area contributed by atoms with E-state index in [2.05, 4.69) is 15.1 Å². The first kappa shape index (κ1) is 13.4. The van der Waals surface area contributed by atoms with Gasteiger partial charge >= 0.3 is 0 Å². The number of anilines is 1. The van der Waals surface area contributed by atoms with Crippen molar-refractivity contribution in [2.45, 2.75) is 11.9 Å². The zero-order valence-electron chi connectivity index (χ0n) is 10.5. The van der Waals surface area contributed by atoms with Crippen molar-refractivity contribution < 1.29 is 19.1 Å². The zero-order chi connectivity index (χ0) is 13.8. The van der Waals surface area contributed by atoms with Crippen LogP contribution in [0.25, 0.3) is 0 Å². The van der Waals surface area contributed by atoms with Crippen LogP contribution in [0.5, 0.6) is 5.95 Å². The Morgan fingerprint density at radius 1 is 1.53 bits per heavy atom. The number of benzene rings is 1. The van der Waals surface area contributed by atoms with E-state index < -0.39 is 5.95 Å². The summed E-state index contributed by atoms with van der Waals surface area (Å²) in [5.74, 6) is -0.588. The third-order valence-electron chi connectivity index (χ3n) is 2.47. The molecule has 100 valence electrons. The highest BCUT2D eigenvalue weighted by Crippen LogP contribution is 2.21. The maximum atomic E-state index is 11.8. The van der Waals surface area contributed by atoms with Crippen LogP contribution in [0.15, 0.2) is 33.8 Å². The second-order valence-electron chi connectivity index (χ2n) is 3.94. The fourth-order valence-corrected chi connectivity index (χ4v) is 2.21. The quantitative estimate of drug-likeness (QED) is 0.655. The van der Waals surface area contributed by atoms with E-state index in [1.165, 1.54) is 4.68 Å². The average molecular weight is 279 g/mol. The summed E-state index contributed by atoms with van der Waals surface area (Å²) < 4.78 is 5.78. The topological polar surface area (TPSA) is 82.1 Å². The molecule has 0 radical (unpaired) electrons. The van der Waals surface area contributed by atoms with Crippen LogP contribution in [0.4, 0.5) is 5.69 Å². The molecule has 1 aromatic carbocycles. The van der Waals surface area contributed by atoms with Gasteiger partial charge in [-0.2, -0.15) is 0 Å². The van der Waals surface area contributed by atoms with Crippen molar-refractivity contribution in [3.8, 4) is 5.95 Å². The first-order valence-electron chi connectivity index (χ1n) is 5.59. The number of para-hydroxylation sites is 1. The molecule has 0 spiro atoms. The molecule has 0 bridgehead atoms. The summed E-state index contributed by atoms with van der Waals surface area (Å²) in [5.41, 5.74) is 1.76. The molecular weight excluding hydrogens is 266 g/mol. The summed E-state index contributed by atoms with van der Waals surface area (Å²) in [6, 6.07) is 7.50. The minimum absolute atomic E-state index is 0.124. The molecule has 1 N–H and O–H groups in total. The van der Waals surface area contributed by atoms with E-state index >= 15 is 0 Å². The van der Waals surface area contributed by atoms with Gasteiger partial charge in [-0.3, -0.25) is 4.79 Å². The molecule has 0 aliphatic rings. The fraction of sp³-hybridized carbons (Fsp3) is 0.250. The summed E-state index contributed by atoms with van der Waals surface area (Å²) in [6.45, 7) is 1.92. The number of carbonyl (C=O) groups excluding carboxylic acids is 1. The van der Waals surface area contributed by atoms with Crippen molar-refractivity contribution in [3.05, 3.63) is 29.8 Å². The Bertz CT molecular complexity index is 578. The number of aromatic nitrogens is 2. The van der Waals surface area contributed by atoms with Crippen molar-refractivity contribution in [3.63, 3.8) is 0 Å². The Hall–Kier alpha value is -2.02. The minimum atomic E-state index is -0.531.